The maximum Gasteiger partial charge on any atom is 0.330 e. The van der Waals surface area contributed by atoms with Crippen molar-refractivity contribution in [2.75, 3.05) is 29.5 Å². The third-order valence-electron chi connectivity index (χ3n) is 4.31. The molecule has 0 unspecified atom stereocenters. The molecule has 0 aliphatic heterocycles. The van der Waals surface area contributed by atoms with Gasteiger partial charge in [-0.15, -0.1) is 0 Å². The molecular formula is C20H19F2N5O3. The quantitative estimate of drug-likeness (QED) is 0.565. The molecule has 8 nitrogen and oxygen atoms in total. The summed E-state index contributed by atoms with van der Waals surface area (Å²) in [4.78, 5) is 40.2. The van der Waals surface area contributed by atoms with Gasteiger partial charge in [0.2, 0.25) is 5.91 Å². The van der Waals surface area contributed by atoms with Gasteiger partial charge in [0.05, 0.1) is 13.1 Å². The van der Waals surface area contributed by atoms with Gasteiger partial charge in [0.15, 0.2) is 0 Å². The molecule has 3 rings (SSSR count). The number of anilines is 3. The summed E-state index contributed by atoms with van der Waals surface area (Å²) in [7, 11) is 1.43. The molecule has 0 aliphatic rings. The summed E-state index contributed by atoms with van der Waals surface area (Å²) < 4.78 is 27.7. The maximum atomic E-state index is 13.3. The Hall–Kier alpha value is -3.95. The number of halogens is 2. The zero-order chi connectivity index (χ0) is 21.8. The Bertz CT molecular complexity index is 1170. The molecule has 1 aromatic heterocycles. The van der Waals surface area contributed by atoms with E-state index in [2.05, 4.69) is 10.3 Å². The molecular weight excluding hydrogens is 396 g/mol. The fraction of sp³-hybridized carbons (Fsp3) is 0.150. The number of benzene rings is 2. The van der Waals surface area contributed by atoms with Crippen LogP contribution in [0.5, 0.6) is 0 Å². The number of carbonyl (C=O) groups excluding carboxylic acids is 1. The van der Waals surface area contributed by atoms with Crippen LogP contribution in [0.1, 0.15) is 5.56 Å². The summed E-state index contributed by atoms with van der Waals surface area (Å²) in [6.45, 7) is -0.229. The van der Waals surface area contributed by atoms with E-state index >= 15 is 0 Å². The van der Waals surface area contributed by atoms with Gasteiger partial charge in [-0.2, -0.15) is 0 Å². The lowest BCUT2D eigenvalue weighted by molar-refractivity contribution is -0.114. The fourth-order valence-corrected chi connectivity index (χ4v) is 2.99. The smallest absolute Gasteiger partial charge is 0.330 e. The summed E-state index contributed by atoms with van der Waals surface area (Å²) in [5.74, 6) is -2.43. The van der Waals surface area contributed by atoms with Crippen molar-refractivity contribution in [3.05, 3.63) is 86.6 Å². The number of aromatic nitrogens is 2. The monoisotopic (exact) mass is 415 g/mol. The van der Waals surface area contributed by atoms with E-state index in [1.165, 1.54) is 16.5 Å². The lowest BCUT2D eigenvalue weighted by atomic mass is 10.2. The van der Waals surface area contributed by atoms with Crippen LogP contribution in [0.15, 0.2) is 58.1 Å². The molecule has 0 atom stereocenters. The van der Waals surface area contributed by atoms with E-state index in [4.69, 9.17) is 5.73 Å². The van der Waals surface area contributed by atoms with Crippen LogP contribution in [-0.2, 0) is 11.3 Å². The van der Waals surface area contributed by atoms with Crippen LogP contribution in [0.2, 0.25) is 0 Å². The van der Waals surface area contributed by atoms with Gasteiger partial charge in [-0.1, -0.05) is 30.3 Å². The molecule has 0 fully saturated rings. The molecule has 0 radical (unpaired) electrons. The van der Waals surface area contributed by atoms with Crippen molar-refractivity contribution in [1.29, 1.82) is 0 Å². The van der Waals surface area contributed by atoms with Crippen LogP contribution in [0.3, 0.4) is 0 Å². The highest BCUT2D eigenvalue weighted by atomic mass is 19.1. The molecule has 0 spiro atoms. The van der Waals surface area contributed by atoms with Gasteiger partial charge in [-0.05, 0) is 17.7 Å². The van der Waals surface area contributed by atoms with Gasteiger partial charge in [-0.3, -0.25) is 19.1 Å². The maximum absolute atomic E-state index is 13.3. The highest BCUT2D eigenvalue weighted by molar-refractivity contribution is 5.94. The summed E-state index contributed by atoms with van der Waals surface area (Å²) >= 11 is 0. The van der Waals surface area contributed by atoms with Crippen LogP contribution in [-0.4, -0.2) is 29.1 Å². The number of nitrogens with one attached hydrogen (secondary N) is 2. The molecule has 1 amide bonds. The number of aromatic amines is 1. The van der Waals surface area contributed by atoms with Crippen molar-refractivity contribution in [3.8, 4) is 0 Å². The summed E-state index contributed by atoms with van der Waals surface area (Å²) in [5, 5.41) is 2.35. The van der Waals surface area contributed by atoms with E-state index in [1.54, 1.807) is 24.3 Å². The van der Waals surface area contributed by atoms with E-state index in [0.29, 0.717) is 6.07 Å². The third-order valence-corrected chi connectivity index (χ3v) is 4.31. The van der Waals surface area contributed by atoms with E-state index < -0.39 is 28.8 Å². The highest BCUT2D eigenvalue weighted by Gasteiger charge is 2.18. The van der Waals surface area contributed by atoms with Crippen molar-refractivity contribution >= 4 is 23.1 Å². The van der Waals surface area contributed by atoms with Crippen molar-refractivity contribution < 1.29 is 13.6 Å². The molecule has 4 N–H and O–H groups in total. The predicted octanol–water partition coefficient (Wildman–Crippen LogP) is 1.52. The lowest BCUT2D eigenvalue weighted by Crippen LogP contribution is -2.39. The Balaban J connectivity index is 1.83. The van der Waals surface area contributed by atoms with Crippen LogP contribution < -0.4 is 27.2 Å². The number of nitrogen functional groups attached to an aromatic ring is 1. The zero-order valence-electron chi connectivity index (χ0n) is 16.0. The first-order valence-electron chi connectivity index (χ1n) is 8.88. The van der Waals surface area contributed by atoms with Gasteiger partial charge >= 0.3 is 5.69 Å². The van der Waals surface area contributed by atoms with Crippen molar-refractivity contribution in [1.82, 2.24) is 9.55 Å². The van der Waals surface area contributed by atoms with Crippen molar-refractivity contribution in [2.24, 2.45) is 0 Å². The number of rotatable bonds is 6. The normalized spacial score (nSPS) is 10.6. The Labute approximate surface area is 169 Å². The van der Waals surface area contributed by atoms with Gasteiger partial charge in [0.1, 0.15) is 23.1 Å². The SMILES string of the molecule is CN(CC(=O)Nc1cc(F)cc(F)c1)c1c(N)n(Cc2ccccc2)c(=O)[nH]c1=O. The molecule has 1 heterocycles. The number of likely N-dealkylation sites (N-methyl/N-ethyl adjacent to an activating group) is 1. The molecule has 0 bridgehead atoms. The van der Waals surface area contributed by atoms with Gasteiger partial charge < -0.3 is 16.0 Å². The van der Waals surface area contributed by atoms with E-state index in [-0.39, 0.29) is 30.3 Å². The van der Waals surface area contributed by atoms with E-state index in [1.807, 2.05) is 6.07 Å². The summed E-state index contributed by atoms with van der Waals surface area (Å²) in [5.41, 5.74) is 5.28. The topological polar surface area (TPSA) is 113 Å². The van der Waals surface area contributed by atoms with Gasteiger partial charge in [-0.25, -0.2) is 13.6 Å². The van der Waals surface area contributed by atoms with Crippen molar-refractivity contribution in [3.63, 3.8) is 0 Å². The fourth-order valence-electron chi connectivity index (χ4n) is 2.99. The summed E-state index contributed by atoms with van der Waals surface area (Å²) in [6, 6.07) is 11.6. The molecule has 156 valence electrons. The molecule has 3 aromatic rings. The van der Waals surface area contributed by atoms with Crippen molar-refractivity contribution in [2.45, 2.75) is 6.54 Å². The largest absolute Gasteiger partial charge is 0.383 e. The number of nitrogens with two attached hydrogens (primary N) is 1. The van der Waals surface area contributed by atoms with Crippen LogP contribution in [0.4, 0.5) is 26.0 Å². The Morgan fingerprint density at radius 3 is 2.40 bits per heavy atom. The van der Waals surface area contributed by atoms with Gasteiger partial charge in [0.25, 0.3) is 5.56 Å². The highest BCUT2D eigenvalue weighted by Crippen LogP contribution is 2.17. The first-order chi connectivity index (χ1) is 14.2. The van der Waals surface area contributed by atoms with E-state index in [0.717, 1.165) is 17.7 Å². The first-order valence-corrected chi connectivity index (χ1v) is 8.88. The van der Waals surface area contributed by atoms with Gasteiger partial charge in [0, 0.05) is 18.8 Å². The Morgan fingerprint density at radius 1 is 1.13 bits per heavy atom. The molecule has 0 saturated heterocycles. The first kappa shape index (κ1) is 20.8. The van der Waals surface area contributed by atoms with Crippen LogP contribution in [0, 0.1) is 11.6 Å². The standard InChI is InChI=1S/C20H19F2N5O3/c1-26(11-16(28)24-15-8-13(21)7-14(22)9-15)17-18(23)27(20(30)25-19(17)29)10-12-5-3-2-4-6-12/h2-9H,10-11,23H2,1H3,(H,24,28)(H,25,29,30). The third kappa shape index (κ3) is 4.72. The number of amides is 1. The zero-order valence-corrected chi connectivity index (χ0v) is 16.0. The number of H-pyrrole nitrogens is 1. The molecule has 30 heavy (non-hydrogen) atoms. The molecule has 0 aliphatic carbocycles. The Kier molecular flexibility index (Phi) is 5.95. The minimum Gasteiger partial charge on any atom is -0.383 e. The summed E-state index contributed by atoms with van der Waals surface area (Å²) in [6.07, 6.45) is 0. The minimum atomic E-state index is -0.840. The second-order valence-corrected chi connectivity index (χ2v) is 6.63. The number of carbonyl (C=O) groups is 1. The van der Waals surface area contributed by atoms with Crippen LogP contribution >= 0.6 is 0 Å². The molecule has 2 aromatic carbocycles. The average molecular weight is 415 g/mol. The second-order valence-electron chi connectivity index (χ2n) is 6.63. The Morgan fingerprint density at radius 2 is 1.77 bits per heavy atom. The number of hydrogen-bond donors (Lipinski definition) is 3. The molecule has 10 heteroatoms. The second kappa shape index (κ2) is 8.60. The molecule has 0 saturated carbocycles. The van der Waals surface area contributed by atoms with Crippen LogP contribution in [0.25, 0.3) is 0 Å². The minimum absolute atomic E-state index is 0.0678. The van der Waals surface area contributed by atoms with E-state index in [9.17, 15) is 23.2 Å². The number of hydrogen-bond acceptors (Lipinski definition) is 5. The number of nitrogens with zero attached hydrogens (tertiary/aromatic N) is 2. The lowest BCUT2D eigenvalue weighted by Gasteiger charge is -2.21. The average Bonchev–Trinajstić information content (AvgIpc) is 2.64. The predicted molar refractivity (Wildman–Crippen MR) is 110 cm³/mol.